The number of nitrogens with one attached hydrogen (secondary N) is 1. The summed E-state index contributed by atoms with van der Waals surface area (Å²) >= 11 is 0. The van der Waals surface area contributed by atoms with Crippen molar-refractivity contribution in [1.82, 2.24) is 19.7 Å². The number of hydrogen-bond acceptors (Lipinski definition) is 3. The van der Waals surface area contributed by atoms with Gasteiger partial charge in [0.05, 0.1) is 17.7 Å². The first-order chi connectivity index (χ1) is 22.4. The summed E-state index contributed by atoms with van der Waals surface area (Å²) < 4.78 is 81.7. The largest absolute Gasteiger partial charge is 0.416 e. The monoisotopic (exact) mass is 656 g/mol. The van der Waals surface area contributed by atoms with Gasteiger partial charge in [-0.3, -0.25) is 14.5 Å². The van der Waals surface area contributed by atoms with E-state index in [-0.39, 0.29) is 44.6 Å². The molecule has 0 aliphatic carbocycles. The number of nitrogens with zero attached hydrogens (tertiary/aromatic N) is 3. The fraction of sp³-hybridized carbons (Fsp3) is 0.371. The van der Waals surface area contributed by atoms with Crippen LogP contribution in [0.1, 0.15) is 51.4 Å². The lowest BCUT2D eigenvalue weighted by atomic mass is 9.89. The Balaban J connectivity index is 1.21. The van der Waals surface area contributed by atoms with Gasteiger partial charge in [0.25, 0.3) is 5.91 Å². The van der Waals surface area contributed by atoms with Gasteiger partial charge >= 0.3 is 12.4 Å². The first-order valence-electron chi connectivity index (χ1n) is 15.6. The highest BCUT2D eigenvalue weighted by Crippen LogP contribution is 2.37. The minimum Gasteiger partial charge on any atom is -0.361 e. The second-order valence-electron chi connectivity index (χ2n) is 12.3. The third kappa shape index (κ3) is 7.32. The predicted molar refractivity (Wildman–Crippen MR) is 165 cm³/mol. The number of likely N-dealkylation sites (tertiary alicyclic amines) is 1. The van der Waals surface area contributed by atoms with Crippen LogP contribution in [-0.2, 0) is 23.6 Å². The van der Waals surface area contributed by atoms with Crippen LogP contribution in [-0.4, -0.2) is 76.8 Å². The average molecular weight is 657 g/mol. The number of aromatic amines is 1. The molecule has 1 N–H and O–H groups in total. The number of para-hydroxylation sites is 1. The fourth-order valence-electron chi connectivity index (χ4n) is 6.78. The molecule has 1 unspecified atom stereocenters. The number of piperidine rings is 1. The molecule has 1 atom stereocenters. The van der Waals surface area contributed by atoms with Gasteiger partial charge in [0.1, 0.15) is 0 Å². The Labute approximate surface area is 267 Å². The van der Waals surface area contributed by atoms with Crippen LogP contribution in [0.4, 0.5) is 26.3 Å². The minimum absolute atomic E-state index is 0.0202. The van der Waals surface area contributed by atoms with E-state index in [2.05, 4.69) is 17.1 Å². The van der Waals surface area contributed by atoms with Gasteiger partial charge in [0, 0.05) is 61.4 Å². The maximum absolute atomic E-state index is 13.8. The van der Waals surface area contributed by atoms with Crippen LogP contribution in [0, 0.1) is 0 Å². The maximum atomic E-state index is 13.8. The van der Waals surface area contributed by atoms with Crippen LogP contribution >= 0.6 is 0 Å². The fourth-order valence-corrected chi connectivity index (χ4v) is 6.78. The first-order valence-corrected chi connectivity index (χ1v) is 15.6. The van der Waals surface area contributed by atoms with Gasteiger partial charge in [-0.15, -0.1) is 0 Å². The van der Waals surface area contributed by atoms with E-state index in [1.807, 2.05) is 52.3 Å². The summed E-state index contributed by atoms with van der Waals surface area (Å²) in [6, 6.07) is 18.1. The van der Waals surface area contributed by atoms with Crippen LogP contribution in [0.15, 0.2) is 79.0 Å². The lowest BCUT2D eigenvalue weighted by molar-refractivity contribution is -0.143. The van der Waals surface area contributed by atoms with Crippen LogP contribution in [0.25, 0.3) is 10.9 Å². The molecule has 0 radical (unpaired) electrons. The topological polar surface area (TPSA) is 59.7 Å². The van der Waals surface area contributed by atoms with E-state index in [0.29, 0.717) is 31.1 Å². The second-order valence-corrected chi connectivity index (χ2v) is 12.3. The number of alkyl halides is 6. The predicted octanol–water partition coefficient (Wildman–Crippen LogP) is 6.98. The number of aromatic nitrogens is 1. The van der Waals surface area contributed by atoms with Crippen LogP contribution in [0.2, 0.25) is 0 Å². The molecule has 3 aromatic carbocycles. The number of H-pyrrole nitrogens is 1. The molecule has 2 aliphatic heterocycles. The molecule has 6 rings (SSSR count). The van der Waals surface area contributed by atoms with E-state index in [4.69, 9.17) is 0 Å². The zero-order valence-corrected chi connectivity index (χ0v) is 25.5. The van der Waals surface area contributed by atoms with Crippen molar-refractivity contribution in [2.24, 2.45) is 0 Å². The van der Waals surface area contributed by atoms with Crippen molar-refractivity contribution in [2.45, 2.75) is 43.6 Å². The van der Waals surface area contributed by atoms with Crippen molar-refractivity contribution in [2.75, 3.05) is 39.3 Å². The van der Waals surface area contributed by atoms with Gasteiger partial charge in [-0.05, 0) is 60.6 Å². The van der Waals surface area contributed by atoms with E-state index < -0.39 is 41.0 Å². The molecule has 2 fully saturated rings. The summed E-state index contributed by atoms with van der Waals surface area (Å²) in [5.74, 6) is -0.584. The van der Waals surface area contributed by atoms with Crippen molar-refractivity contribution in [1.29, 1.82) is 0 Å². The number of halogens is 6. The van der Waals surface area contributed by atoms with Gasteiger partial charge in [-0.25, -0.2) is 0 Å². The molecular weight excluding hydrogens is 622 g/mol. The molecular formula is C35H34F6N4O2. The number of benzene rings is 3. The van der Waals surface area contributed by atoms with Crippen molar-refractivity contribution < 1.29 is 35.9 Å². The molecule has 248 valence electrons. The van der Waals surface area contributed by atoms with E-state index in [1.54, 1.807) is 6.20 Å². The third-order valence-electron chi connectivity index (χ3n) is 9.27. The van der Waals surface area contributed by atoms with E-state index in [1.165, 1.54) is 10.5 Å². The number of carbonyl (C=O) groups is 2. The number of amides is 2. The first kappa shape index (κ1) is 32.6. The summed E-state index contributed by atoms with van der Waals surface area (Å²) in [6.07, 6.45) is -6.38. The summed E-state index contributed by atoms with van der Waals surface area (Å²) in [7, 11) is 0. The van der Waals surface area contributed by atoms with Crippen LogP contribution in [0.3, 0.4) is 0 Å². The number of rotatable bonds is 6. The standard InChI is InChI=1S/C35H34F6N4O2/c36-34(37,38)27-16-25(17-28(19-27)35(39,40)41)33(47)45-15-14-43(21-29(45)18-26-20-42-31-9-5-4-8-30(26)31)22-32(46)44-12-10-24(11-13-44)23-6-2-1-3-7-23/h1-9,16-17,19-20,24,29,42H,10-15,18,21-22H2. The zero-order valence-electron chi connectivity index (χ0n) is 25.5. The number of hydrogen-bond donors (Lipinski definition) is 1. The molecule has 0 spiro atoms. The van der Waals surface area contributed by atoms with E-state index in [0.717, 1.165) is 29.3 Å². The number of piperazine rings is 1. The Kier molecular flexibility index (Phi) is 9.06. The summed E-state index contributed by atoms with van der Waals surface area (Å²) in [6.45, 7) is 1.84. The SMILES string of the molecule is O=C(CN1CCN(C(=O)c2cc(C(F)(F)F)cc(C(F)(F)F)c2)C(Cc2c[nH]c3ccccc23)C1)N1CCC(c2ccccc2)CC1. The Morgan fingerprint density at radius 2 is 1.43 bits per heavy atom. The molecule has 2 aliphatic rings. The molecule has 12 heteroatoms. The maximum Gasteiger partial charge on any atom is 0.416 e. The summed E-state index contributed by atoms with van der Waals surface area (Å²) in [5.41, 5.74) is -0.798. The van der Waals surface area contributed by atoms with Crippen molar-refractivity contribution in [3.8, 4) is 0 Å². The lowest BCUT2D eigenvalue weighted by Crippen LogP contribution is -2.57. The molecule has 6 nitrogen and oxygen atoms in total. The molecule has 0 bridgehead atoms. The molecule has 2 amide bonds. The number of carbonyl (C=O) groups excluding carboxylic acids is 2. The third-order valence-corrected chi connectivity index (χ3v) is 9.27. The molecule has 1 aromatic heterocycles. The Bertz CT molecular complexity index is 1700. The van der Waals surface area contributed by atoms with Gasteiger partial charge in [-0.1, -0.05) is 48.5 Å². The lowest BCUT2D eigenvalue weighted by Gasteiger charge is -2.42. The second kappa shape index (κ2) is 13.1. The Hall–Kier alpha value is -4.32. The highest BCUT2D eigenvalue weighted by molar-refractivity contribution is 5.95. The number of fused-ring (bicyclic) bond motifs is 1. The normalized spacial score (nSPS) is 18.6. The van der Waals surface area contributed by atoms with Crippen molar-refractivity contribution in [3.63, 3.8) is 0 Å². The minimum atomic E-state index is -5.08. The summed E-state index contributed by atoms with van der Waals surface area (Å²) in [4.78, 5) is 35.5. The van der Waals surface area contributed by atoms with E-state index in [9.17, 15) is 35.9 Å². The molecule has 47 heavy (non-hydrogen) atoms. The molecule has 4 aromatic rings. The molecule has 3 heterocycles. The van der Waals surface area contributed by atoms with E-state index >= 15 is 0 Å². The van der Waals surface area contributed by atoms with Crippen LogP contribution < -0.4 is 0 Å². The Morgan fingerprint density at radius 1 is 0.787 bits per heavy atom. The Morgan fingerprint density at radius 3 is 2.09 bits per heavy atom. The van der Waals surface area contributed by atoms with Crippen molar-refractivity contribution in [3.05, 3.63) is 107 Å². The van der Waals surface area contributed by atoms with Gasteiger partial charge in [-0.2, -0.15) is 26.3 Å². The molecule has 0 saturated carbocycles. The average Bonchev–Trinajstić information content (AvgIpc) is 3.46. The smallest absolute Gasteiger partial charge is 0.361 e. The zero-order chi connectivity index (χ0) is 33.3. The van der Waals surface area contributed by atoms with Gasteiger partial charge < -0.3 is 14.8 Å². The van der Waals surface area contributed by atoms with Gasteiger partial charge in [0.2, 0.25) is 5.91 Å². The highest BCUT2D eigenvalue weighted by Gasteiger charge is 2.39. The quantitative estimate of drug-likeness (QED) is 0.228. The van der Waals surface area contributed by atoms with Crippen LogP contribution in [0.5, 0.6) is 0 Å². The summed E-state index contributed by atoms with van der Waals surface area (Å²) in [5, 5.41) is 0.896. The van der Waals surface area contributed by atoms with Gasteiger partial charge in [0.15, 0.2) is 0 Å². The molecule has 2 saturated heterocycles. The highest BCUT2D eigenvalue weighted by atomic mass is 19.4. The van der Waals surface area contributed by atoms with Crippen molar-refractivity contribution >= 4 is 22.7 Å².